The minimum atomic E-state index is -0.482. The van der Waals surface area contributed by atoms with E-state index in [0.717, 1.165) is 0 Å². The molecule has 0 aliphatic carbocycles. The van der Waals surface area contributed by atoms with Crippen molar-refractivity contribution in [1.82, 2.24) is 9.97 Å². The van der Waals surface area contributed by atoms with Crippen molar-refractivity contribution in [2.45, 2.75) is 0 Å². The van der Waals surface area contributed by atoms with Gasteiger partial charge in [-0.15, -0.1) is 0 Å². The molecule has 0 amide bonds. The van der Waals surface area contributed by atoms with E-state index in [4.69, 9.17) is 0 Å². The van der Waals surface area contributed by atoms with E-state index >= 15 is 0 Å². The van der Waals surface area contributed by atoms with Crippen LogP contribution in [0.15, 0.2) is 48.7 Å². The summed E-state index contributed by atoms with van der Waals surface area (Å²) in [5, 5.41) is 0. The van der Waals surface area contributed by atoms with Crippen LogP contribution in [0.5, 0.6) is 0 Å². The van der Waals surface area contributed by atoms with Crippen molar-refractivity contribution in [3.63, 3.8) is 0 Å². The number of fused-ring (bicyclic) bond motifs is 1. The molecule has 2 aromatic heterocycles. The second-order valence-electron chi connectivity index (χ2n) is 4.68. The minimum Gasteiger partial charge on any atom is -0.465 e. The summed E-state index contributed by atoms with van der Waals surface area (Å²) >= 11 is 0. The van der Waals surface area contributed by atoms with Crippen LogP contribution in [0, 0.1) is 17.7 Å². The third-order valence-corrected chi connectivity index (χ3v) is 3.16. The number of nitrogens with zero attached hydrogens (tertiary/aromatic N) is 2. The summed E-state index contributed by atoms with van der Waals surface area (Å²) in [6, 6.07) is 11.3. The molecule has 0 aliphatic heterocycles. The van der Waals surface area contributed by atoms with Crippen molar-refractivity contribution < 1.29 is 13.9 Å². The third kappa shape index (κ3) is 3.16. The van der Waals surface area contributed by atoms with E-state index in [9.17, 15) is 9.18 Å². The number of rotatable bonds is 1. The van der Waals surface area contributed by atoms with E-state index in [1.54, 1.807) is 36.4 Å². The minimum absolute atomic E-state index is 0.302. The Morgan fingerprint density at radius 1 is 1.13 bits per heavy atom. The van der Waals surface area contributed by atoms with Crippen molar-refractivity contribution in [3.05, 3.63) is 71.3 Å². The number of hydrogen-bond acceptors (Lipinski definition) is 4. The largest absolute Gasteiger partial charge is 0.465 e. The molecule has 0 fully saturated rings. The van der Waals surface area contributed by atoms with Crippen LogP contribution in [0.25, 0.3) is 11.0 Å². The Kier molecular flexibility index (Phi) is 3.98. The Labute approximate surface area is 132 Å². The van der Waals surface area contributed by atoms with Crippen molar-refractivity contribution in [3.8, 4) is 11.8 Å². The number of carbonyl (C=O) groups excluding carboxylic acids is 1. The van der Waals surface area contributed by atoms with Gasteiger partial charge in [-0.05, 0) is 36.3 Å². The monoisotopic (exact) mass is 306 g/mol. The van der Waals surface area contributed by atoms with E-state index in [1.165, 1.54) is 19.4 Å². The second-order valence-corrected chi connectivity index (χ2v) is 4.68. The number of aromatic nitrogens is 2. The van der Waals surface area contributed by atoms with Crippen LogP contribution in [0.4, 0.5) is 4.39 Å². The fourth-order valence-corrected chi connectivity index (χ4v) is 2.00. The molecule has 0 saturated heterocycles. The van der Waals surface area contributed by atoms with Crippen LogP contribution in [-0.4, -0.2) is 23.0 Å². The molecule has 0 saturated carbocycles. The Morgan fingerprint density at radius 2 is 1.96 bits per heavy atom. The summed E-state index contributed by atoms with van der Waals surface area (Å²) in [5.41, 5.74) is 2.23. The normalized spacial score (nSPS) is 10.0. The number of methoxy groups -OCH3 is 1. The Bertz CT molecular complexity index is 958. The molecule has 3 aromatic rings. The van der Waals surface area contributed by atoms with Crippen LogP contribution in [0.3, 0.4) is 0 Å². The maximum absolute atomic E-state index is 13.5. The summed E-state index contributed by atoms with van der Waals surface area (Å²) in [5.74, 6) is 4.69. The third-order valence-electron chi connectivity index (χ3n) is 3.16. The van der Waals surface area contributed by atoms with Crippen molar-refractivity contribution in [2.24, 2.45) is 0 Å². The summed E-state index contributed by atoms with van der Waals surface area (Å²) in [6.07, 6.45) is 1.43. The average molecular weight is 306 g/mol. The zero-order valence-corrected chi connectivity index (χ0v) is 12.2. The van der Waals surface area contributed by atoms with Crippen molar-refractivity contribution >= 4 is 17.0 Å². The van der Waals surface area contributed by atoms with Crippen LogP contribution in [-0.2, 0) is 4.74 Å². The van der Waals surface area contributed by atoms with Gasteiger partial charge in [-0.2, -0.15) is 0 Å². The summed E-state index contributed by atoms with van der Waals surface area (Å²) in [4.78, 5) is 20.0. The average Bonchev–Trinajstić information content (AvgIpc) is 2.59. The van der Waals surface area contributed by atoms with Gasteiger partial charge in [-0.3, -0.25) is 4.98 Å². The number of halogens is 1. The predicted octanol–water partition coefficient (Wildman–Crippen LogP) is 2.96. The topological polar surface area (TPSA) is 52.1 Å². The lowest BCUT2D eigenvalue weighted by Gasteiger charge is -2.01. The first kappa shape index (κ1) is 14.7. The van der Waals surface area contributed by atoms with Gasteiger partial charge >= 0.3 is 5.97 Å². The van der Waals surface area contributed by atoms with E-state index in [0.29, 0.717) is 27.9 Å². The van der Waals surface area contributed by atoms with Gasteiger partial charge in [-0.1, -0.05) is 18.1 Å². The van der Waals surface area contributed by atoms with Gasteiger partial charge in [0.05, 0.1) is 29.3 Å². The number of esters is 1. The molecular weight excluding hydrogens is 295 g/mol. The number of hydrogen-bond donors (Lipinski definition) is 0. The van der Waals surface area contributed by atoms with Crippen LogP contribution >= 0.6 is 0 Å². The summed E-state index contributed by atoms with van der Waals surface area (Å²) in [7, 11) is 1.30. The fourth-order valence-electron chi connectivity index (χ4n) is 2.00. The number of carbonyl (C=O) groups is 1. The van der Waals surface area contributed by atoms with Crippen molar-refractivity contribution in [1.29, 1.82) is 0 Å². The SMILES string of the molecule is COC(=O)c1cnc2ccc(C#Cc3ccccc3F)nc2c1. The molecule has 0 N–H and O–H groups in total. The van der Waals surface area contributed by atoms with Gasteiger partial charge in [0, 0.05) is 6.20 Å². The Balaban J connectivity index is 2.00. The zero-order chi connectivity index (χ0) is 16.2. The molecule has 5 heteroatoms. The zero-order valence-electron chi connectivity index (χ0n) is 12.2. The van der Waals surface area contributed by atoms with E-state index < -0.39 is 5.97 Å². The fraction of sp³-hybridized carbons (Fsp3) is 0.0556. The molecule has 2 heterocycles. The first-order chi connectivity index (χ1) is 11.2. The highest BCUT2D eigenvalue weighted by Crippen LogP contribution is 2.13. The van der Waals surface area contributed by atoms with Gasteiger partial charge in [0.1, 0.15) is 11.5 Å². The highest BCUT2D eigenvalue weighted by atomic mass is 19.1. The Morgan fingerprint density at radius 3 is 2.74 bits per heavy atom. The maximum Gasteiger partial charge on any atom is 0.339 e. The number of ether oxygens (including phenoxy) is 1. The molecule has 23 heavy (non-hydrogen) atoms. The molecule has 0 radical (unpaired) electrons. The highest BCUT2D eigenvalue weighted by molar-refractivity contribution is 5.92. The van der Waals surface area contributed by atoms with Crippen LogP contribution in [0.1, 0.15) is 21.6 Å². The maximum atomic E-state index is 13.5. The number of benzene rings is 1. The molecule has 0 spiro atoms. The molecule has 0 bridgehead atoms. The van der Waals surface area contributed by atoms with Gasteiger partial charge in [0.2, 0.25) is 0 Å². The lowest BCUT2D eigenvalue weighted by molar-refractivity contribution is 0.0600. The number of pyridine rings is 2. The molecule has 0 unspecified atom stereocenters. The lowest BCUT2D eigenvalue weighted by Crippen LogP contribution is -2.02. The first-order valence-electron chi connectivity index (χ1n) is 6.79. The predicted molar refractivity (Wildman–Crippen MR) is 83.3 cm³/mol. The van der Waals surface area contributed by atoms with Crippen LogP contribution < -0.4 is 0 Å². The summed E-state index contributed by atoms with van der Waals surface area (Å²) < 4.78 is 18.2. The Hall–Kier alpha value is -3.26. The van der Waals surface area contributed by atoms with E-state index in [1.807, 2.05) is 0 Å². The quantitative estimate of drug-likeness (QED) is 0.512. The molecule has 1 aromatic carbocycles. The standard InChI is InChI=1S/C18H11FN2O2/c1-23-18(22)13-10-17-16(20-11-13)9-8-14(21-17)7-6-12-4-2-3-5-15(12)19/h2-5,8-11H,1H3. The molecular formula is C18H11FN2O2. The van der Waals surface area contributed by atoms with Gasteiger partial charge < -0.3 is 4.74 Å². The van der Waals surface area contributed by atoms with Gasteiger partial charge in [0.25, 0.3) is 0 Å². The molecule has 112 valence electrons. The van der Waals surface area contributed by atoms with Crippen molar-refractivity contribution in [2.75, 3.05) is 7.11 Å². The smallest absolute Gasteiger partial charge is 0.339 e. The van der Waals surface area contributed by atoms with E-state index in [-0.39, 0.29) is 5.82 Å². The molecule has 3 rings (SSSR count). The molecule has 0 aliphatic rings. The highest BCUT2D eigenvalue weighted by Gasteiger charge is 2.07. The summed E-state index contributed by atoms with van der Waals surface area (Å²) in [6.45, 7) is 0. The van der Waals surface area contributed by atoms with E-state index in [2.05, 4.69) is 26.5 Å². The molecule has 0 atom stereocenters. The molecule has 4 nitrogen and oxygen atoms in total. The first-order valence-corrected chi connectivity index (χ1v) is 6.79. The van der Waals surface area contributed by atoms with Gasteiger partial charge in [0.15, 0.2) is 0 Å². The van der Waals surface area contributed by atoms with Crippen LogP contribution in [0.2, 0.25) is 0 Å². The lowest BCUT2D eigenvalue weighted by atomic mass is 10.2. The second kappa shape index (κ2) is 6.24. The van der Waals surface area contributed by atoms with Gasteiger partial charge in [-0.25, -0.2) is 14.2 Å².